The fourth-order valence-electron chi connectivity index (χ4n) is 3.53. The molecule has 0 bridgehead atoms. The molecule has 1 heterocycles. The Hall–Kier alpha value is -3.19. The minimum Gasteiger partial charge on any atom is -0.486 e. The van der Waals surface area contributed by atoms with Crippen LogP contribution in [0.15, 0.2) is 65.6 Å². The number of fused-ring (bicyclic) bond motifs is 1. The Kier molecular flexibility index (Phi) is 8.26. The zero-order valence-electron chi connectivity index (χ0n) is 20.0. The molecule has 0 fully saturated rings. The lowest BCUT2D eigenvalue weighted by Gasteiger charge is -2.25. The van der Waals surface area contributed by atoms with Crippen LogP contribution in [0.4, 0.5) is 17.1 Å². The summed E-state index contributed by atoms with van der Waals surface area (Å²) in [6, 6.07) is 14.5. The molecule has 38 heavy (non-hydrogen) atoms. The van der Waals surface area contributed by atoms with Gasteiger partial charge >= 0.3 is 0 Å². The third-order valence-electron chi connectivity index (χ3n) is 5.45. The Labute approximate surface area is 230 Å². The van der Waals surface area contributed by atoms with Gasteiger partial charge in [-0.05, 0) is 55.5 Å². The highest BCUT2D eigenvalue weighted by molar-refractivity contribution is 7.93. The van der Waals surface area contributed by atoms with Crippen LogP contribution in [0.1, 0.15) is 6.92 Å². The van der Waals surface area contributed by atoms with Crippen molar-refractivity contribution in [3.05, 3.63) is 70.7 Å². The highest BCUT2D eigenvalue weighted by Gasteiger charge is 2.26. The predicted octanol–water partition coefficient (Wildman–Crippen LogP) is 4.36. The zero-order valence-corrected chi connectivity index (χ0v) is 23.1. The molecule has 1 aliphatic rings. The van der Waals surface area contributed by atoms with Crippen molar-refractivity contribution < 1.29 is 31.1 Å². The van der Waals surface area contributed by atoms with E-state index in [1.807, 2.05) is 0 Å². The van der Waals surface area contributed by atoms with Gasteiger partial charge in [0.05, 0.1) is 32.1 Å². The molecule has 2 N–H and O–H groups in total. The van der Waals surface area contributed by atoms with E-state index in [4.69, 9.17) is 32.7 Å². The Morgan fingerprint density at radius 3 is 2.32 bits per heavy atom. The molecular formula is C24H23Cl2N3O7S2. The fourth-order valence-corrected chi connectivity index (χ4v) is 6.06. The maximum absolute atomic E-state index is 12.8. The molecule has 10 nitrogen and oxygen atoms in total. The summed E-state index contributed by atoms with van der Waals surface area (Å²) in [5.74, 6) is 0.0111. The van der Waals surface area contributed by atoms with Crippen molar-refractivity contribution >= 4 is 66.2 Å². The molecule has 0 radical (unpaired) electrons. The highest BCUT2D eigenvalue weighted by Crippen LogP contribution is 2.35. The summed E-state index contributed by atoms with van der Waals surface area (Å²) in [6.07, 6.45) is 0. The van der Waals surface area contributed by atoms with E-state index in [1.165, 1.54) is 55.5 Å². The van der Waals surface area contributed by atoms with E-state index in [9.17, 15) is 21.6 Å². The highest BCUT2D eigenvalue weighted by atomic mass is 35.5. The number of nitrogens with zero attached hydrogens (tertiary/aromatic N) is 1. The van der Waals surface area contributed by atoms with Crippen molar-refractivity contribution in [3.63, 3.8) is 0 Å². The number of hydrogen-bond acceptors (Lipinski definition) is 7. The number of halogens is 2. The number of ether oxygens (including phenoxy) is 2. The number of sulfonamides is 2. The minimum atomic E-state index is -4.00. The Bertz CT molecular complexity index is 1560. The van der Waals surface area contributed by atoms with E-state index in [1.54, 1.807) is 12.1 Å². The summed E-state index contributed by atoms with van der Waals surface area (Å²) in [4.78, 5) is 12.7. The van der Waals surface area contributed by atoms with E-state index in [2.05, 4.69) is 10.0 Å². The molecule has 4 rings (SSSR count). The van der Waals surface area contributed by atoms with Gasteiger partial charge in [-0.25, -0.2) is 16.8 Å². The summed E-state index contributed by atoms with van der Waals surface area (Å²) < 4.78 is 65.4. The summed E-state index contributed by atoms with van der Waals surface area (Å²) >= 11 is 12.0. The first-order valence-corrected chi connectivity index (χ1v) is 15.1. The van der Waals surface area contributed by atoms with Gasteiger partial charge in [-0.1, -0.05) is 29.3 Å². The molecule has 0 atom stereocenters. The summed E-state index contributed by atoms with van der Waals surface area (Å²) in [7, 11) is -7.82. The van der Waals surface area contributed by atoms with Crippen molar-refractivity contribution in [1.82, 2.24) is 0 Å². The maximum Gasteiger partial charge on any atom is 0.261 e. The second kappa shape index (κ2) is 11.3. The van der Waals surface area contributed by atoms with Crippen LogP contribution in [-0.4, -0.2) is 48.3 Å². The molecule has 0 saturated heterocycles. The lowest BCUT2D eigenvalue weighted by Crippen LogP contribution is -2.39. The van der Waals surface area contributed by atoms with Gasteiger partial charge in [0.25, 0.3) is 10.0 Å². The molecule has 3 aromatic rings. The van der Waals surface area contributed by atoms with Gasteiger partial charge in [-0.2, -0.15) is 0 Å². The normalized spacial score (nSPS) is 13.0. The molecule has 0 unspecified atom stereocenters. The molecule has 1 amide bonds. The van der Waals surface area contributed by atoms with E-state index >= 15 is 0 Å². The number of anilines is 3. The van der Waals surface area contributed by atoms with E-state index in [0.29, 0.717) is 24.7 Å². The molecule has 1 aliphatic heterocycles. The molecule has 202 valence electrons. The molecule has 3 aromatic carbocycles. The lowest BCUT2D eigenvalue weighted by molar-refractivity contribution is -0.114. The number of benzene rings is 3. The smallest absolute Gasteiger partial charge is 0.261 e. The Morgan fingerprint density at radius 2 is 1.63 bits per heavy atom. The first-order chi connectivity index (χ1) is 18.0. The van der Waals surface area contributed by atoms with Crippen LogP contribution in [0.2, 0.25) is 10.0 Å². The van der Waals surface area contributed by atoms with Crippen LogP contribution >= 0.6 is 23.2 Å². The number of carbonyl (C=O) groups excluding carboxylic acids is 1. The summed E-state index contributed by atoms with van der Waals surface area (Å²) in [5, 5.41) is 2.85. The topological polar surface area (TPSA) is 131 Å². The van der Waals surface area contributed by atoms with Crippen LogP contribution in [0.3, 0.4) is 0 Å². The zero-order chi connectivity index (χ0) is 27.5. The van der Waals surface area contributed by atoms with Crippen LogP contribution in [0, 0.1) is 0 Å². The fraction of sp³-hybridized carbons (Fsp3) is 0.208. The van der Waals surface area contributed by atoms with Gasteiger partial charge in [-0.3, -0.25) is 13.8 Å². The summed E-state index contributed by atoms with van der Waals surface area (Å²) in [5.41, 5.74) is 0.636. The van der Waals surface area contributed by atoms with Crippen LogP contribution in [0.25, 0.3) is 0 Å². The van der Waals surface area contributed by atoms with Crippen molar-refractivity contribution in [2.45, 2.75) is 11.8 Å². The van der Waals surface area contributed by atoms with Crippen LogP contribution < -0.4 is 23.8 Å². The van der Waals surface area contributed by atoms with E-state index in [0.717, 1.165) is 4.31 Å². The number of nitrogens with one attached hydrogen (secondary N) is 2. The van der Waals surface area contributed by atoms with Crippen molar-refractivity contribution in [2.24, 2.45) is 0 Å². The Balaban J connectivity index is 1.48. The van der Waals surface area contributed by atoms with Crippen molar-refractivity contribution in [2.75, 3.05) is 39.9 Å². The van der Waals surface area contributed by atoms with Crippen LogP contribution in [-0.2, 0) is 24.8 Å². The number of amides is 1. The average Bonchev–Trinajstić information content (AvgIpc) is 2.90. The number of carbonyl (C=O) groups is 1. The lowest BCUT2D eigenvalue weighted by atomic mass is 10.2. The largest absolute Gasteiger partial charge is 0.486 e. The average molecular weight is 601 g/mol. The van der Waals surface area contributed by atoms with Crippen LogP contribution in [0.5, 0.6) is 11.5 Å². The second-order valence-corrected chi connectivity index (χ2v) is 12.7. The third kappa shape index (κ3) is 6.26. The monoisotopic (exact) mass is 599 g/mol. The number of hydrogen-bond donors (Lipinski definition) is 2. The molecule has 0 aromatic heterocycles. The predicted molar refractivity (Wildman–Crippen MR) is 147 cm³/mol. The van der Waals surface area contributed by atoms with Gasteiger partial charge in [0, 0.05) is 11.8 Å². The SMILES string of the molecule is CCS(=O)(=O)N(CC(=O)Nc1ccc(S(=O)(=O)Nc2cccc(Cl)c2Cl)cc1)c1ccc2c(c1)OCCO2. The first kappa shape index (κ1) is 27.8. The second-order valence-electron chi connectivity index (χ2n) is 8.01. The Morgan fingerprint density at radius 1 is 0.947 bits per heavy atom. The molecule has 0 aliphatic carbocycles. The minimum absolute atomic E-state index is 0.0613. The van der Waals surface area contributed by atoms with Gasteiger partial charge < -0.3 is 14.8 Å². The molecule has 0 saturated carbocycles. The molecule has 0 spiro atoms. The standard InChI is InChI=1S/C24H23Cl2N3O7S2/c1-2-37(31,32)29(17-8-11-21-22(14-17)36-13-12-35-21)15-23(30)27-16-6-9-18(10-7-16)38(33,34)28-20-5-3-4-19(25)24(20)26/h3-11,14,28H,2,12-13,15H2,1H3,(H,27,30). The van der Waals surface area contributed by atoms with Crippen molar-refractivity contribution in [3.8, 4) is 11.5 Å². The van der Waals surface area contributed by atoms with Crippen molar-refractivity contribution in [1.29, 1.82) is 0 Å². The van der Waals surface area contributed by atoms with E-state index < -0.39 is 32.5 Å². The third-order valence-corrected chi connectivity index (χ3v) is 9.39. The van der Waals surface area contributed by atoms with Gasteiger partial charge in [0.2, 0.25) is 15.9 Å². The molecule has 14 heteroatoms. The van der Waals surface area contributed by atoms with Gasteiger partial charge in [-0.15, -0.1) is 0 Å². The quantitative estimate of drug-likeness (QED) is 0.373. The maximum atomic E-state index is 12.8. The summed E-state index contributed by atoms with van der Waals surface area (Å²) in [6.45, 7) is 1.67. The van der Waals surface area contributed by atoms with Gasteiger partial charge in [0.1, 0.15) is 19.8 Å². The van der Waals surface area contributed by atoms with E-state index in [-0.39, 0.29) is 37.8 Å². The molecular weight excluding hydrogens is 577 g/mol. The first-order valence-electron chi connectivity index (χ1n) is 11.3. The van der Waals surface area contributed by atoms with Gasteiger partial charge in [0.15, 0.2) is 11.5 Å². The number of rotatable bonds is 9.